The number of benzene rings is 2. The molecule has 2 rings (SSSR count). The first-order valence-electron chi connectivity index (χ1n) is 7.77. The fourth-order valence-electron chi connectivity index (χ4n) is 1.90. The Kier molecular flexibility index (Phi) is 8.00. The topological polar surface area (TPSA) is 37.3 Å². The zero-order chi connectivity index (χ0) is 17.9. The molecule has 124 valence electrons. The lowest BCUT2D eigenvalue weighted by Gasteiger charge is -1.97. The summed E-state index contributed by atoms with van der Waals surface area (Å²) in [5, 5.41) is 8.65. The minimum Gasteiger partial charge on any atom is -0.478 e. The first-order chi connectivity index (χ1) is 11.4. The van der Waals surface area contributed by atoms with Crippen LogP contribution in [0.1, 0.15) is 40.9 Å². The van der Waals surface area contributed by atoms with E-state index in [1.165, 1.54) is 22.8 Å². The second-order valence-electron chi connectivity index (χ2n) is 5.61. The molecule has 0 heterocycles. The normalized spacial score (nSPS) is 9.79. The van der Waals surface area contributed by atoms with Crippen molar-refractivity contribution >= 4 is 18.1 Å². The van der Waals surface area contributed by atoms with Crippen molar-refractivity contribution in [3.63, 3.8) is 0 Å². The monoisotopic (exact) mass is 320 g/mol. The smallest absolute Gasteiger partial charge is 0.336 e. The highest BCUT2D eigenvalue weighted by Gasteiger charge is 2.04. The van der Waals surface area contributed by atoms with Gasteiger partial charge in [-0.1, -0.05) is 84.5 Å². The highest BCUT2D eigenvalue weighted by Crippen LogP contribution is 2.09. The molecule has 0 saturated carbocycles. The van der Waals surface area contributed by atoms with Gasteiger partial charge in [0.1, 0.15) is 0 Å². The average Bonchev–Trinajstić information content (AvgIpc) is 2.57. The molecule has 2 aromatic carbocycles. The van der Waals surface area contributed by atoms with Crippen LogP contribution in [-0.4, -0.2) is 11.1 Å². The maximum Gasteiger partial charge on any atom is 0.336 e. The Bertz CT molecular complexity index is 731. The van der Waals surface area contributed by atoms with E-state index in [9.17, 15) is 4.79 Å². The van der Waals surface area contributed by atoms with E-state index in [0.717, 1.165) is 0 Å². The summed E-state index contributed by atoms with van der Waals surface area (Å²) in [5.41, 5.74) is 4.83. The van der Waals surface area contributed by atoms with Crippen LogP contribution in [0.25, 0.3) is 12.2 Å². The maximum absolute atomic E-state index is 10.5. The Hall–Kier alpha value is -2.87. The Morgan fingerprint density at radius 1 is 1.04 bits per heavy atom. The quantitative estimate of drug-likeness (QED) is 0.701. The Labute approximate surface area is 144 Å². The van der Waals surface area contributed by atoms with Crippen LogP contribution in [0.4, 0.5) is 0 Å². The Morgan fingerprint density at radius 2 is 1.67 bits per heavy atom. The van der Waals surface area contributed by atoms with Gasteiger partial charge in [-0.25, -0.2) is 4.79 Å². The van der Waals surface area contributed by atoms with Crippen molar-refractivity contribution in [2.75, 3.05) is 0 Å². The molecule has 2 aromatic rings. The average molecular weight is 320 g/mol. The summed E-state index contributed by atoms with van der Waals surface area (Å²) in [7, 11) is 0. The lowest BCUT2D eigenvalue weighted by molar-refractivity contribution is 0.0696. The van der Waals surface area contributed by atoms with Gasteiger partial charge in [0.05, 0.1) is 5.56 Å². The van der Waals surface area contributed by atoms with Crippen molar-refractivity contribution in [2.24, 2.45) is 0 Å². The number of carboxylic acid groups (broad SMARTS) is 1. The van der Waals surface area contributed by atoms with E-state index in [1.54, 1.807) is 24.3 Å². The van der Waals surface area contributed by atoms with Crippen molar-refractivity contribution < 1.29 is 9.90 Å². The number of allylic oxidation sites excluding steroid dienone is 3. The van der Waals surface area contributed by atoms with E-state index < -0.39 is 5.97 Å². The molecule has 1 N–H and O–H groups in total. The second kappa shape index (κ2) is 10.0. The minimum atomic E-state index is -0.916. The molecule has 0 fully saturated rings. The summed E-state index contributed by atoms with van der Waals surface area (Å²) in [5.74, 6) is -0.916. The number of rotatable bonds is 4. The van der Waals surface area contributed by atoms with Crippen LogP contribution in [0.3, 0.4) is 0 Å². The third-order valence-electron chi connectivity index (χ3n) is 3.21. The van der Waals surface area contributed by atoms with E-state index >= 15 is 0 Å². The van der Waals surface area contributed by atoms with Gasteiger partial charge in [0.15, 0.2) is 0 Å². The zero-order valence-electron chi connectivity index (χ0n) is 14.5. The van der Waals surface area contributed by atoms with Gasteiger partial charge in [-0.3, -0.25) is 0 Å². The zero-order valence-corrected chi connectivity index (χ0v) is 14.5. The maximum atomic E-state index is 10.5. The van der Waals surface area contributed by atoms with Crippen molar-refractivity contribution in [3.05, 3.63) is 95.1 Å². The molecule has 0 bridgehead atoms. The van der Waals surface area contributed by atoms with E-state index in [-0.39, 0.29) is 0 Å². The van der Waals surface area contributed by atoms with Crippen LogP contribution >= 0.6 is 0 Å². The van der Waals surface area contributed by atoms with Gasteiger partial charge >= 0.3 is 5.97 Å². The number of hydrogen-bond acceptors (Lipinski definition) is 1. The highest BCUT2D eigenvalue weighted by atomic mass is 16.4. The fraction of sp³-hybridized carbons (Fsp3) is 0.136. The molecule has 0 unspecified atom stereocenters. The van der Waals surface area contributed by atoms with Gasteiger partial charge < -0.3 is 5.11 Å². The standard InChI is InChI=1S/C13H16.C9H8O2/c1-11(2)5-4-6-13-9-7-12(3)8-10-13;1-2-7-5-3-4-6-8(7)9(10)11/h4-10H,1-3H3;2-6H,1H2,(H,10,11). The van der Waals surface area contributed by atoms with E-state index in [1.807, 2.05) is 0 Å². The number of carboxylic acids is 1. The molecule has 24 heavy (non-hydrogen) atoms. The van der Waals surface area contributed by atoms with Crippen LogP contribution in [-0.2, 0) is 0 Å². The van der Waals surface area contributed by atoms with Crippen molar-refractivity contribution in [1.82, 2.24) is 0 Å². The lowest BCUT2D eigenvalue weighted by atomic mass is 10.1. The summed E-state index contributed by atoms with van der Waals surface area (Å²) >= 11 is 0. The minimum absolute atomic E-state index is 0.294. The second-order valence-corrected chi connectivity index (χ2v) is 5.61. The molecule has 0 atom stereocenters. The molecule has 0 aliphatic heterocycles. The summed E-state index contributed by atoms with van der Waals surface area (Å²) in [6.07, 6.45) is 7.84. The summed E-state index contributed by atoms with van der Waals surface area (Å²) < 4.78 is 0. The van der Waals surface area contributed by atoms with Gasteiger partial charge in [0.25, 0.3) is 0 Å². The van der Waals surface area contributed by atoms with Crippen LogP contribution in [0, 0.1) is 6.92 Å². The molecule has 0 amide bonds. The lowest BCUT2D eigenvalue weighted by Crippen LogP contribution is -1.98. The van der Waals surface area contributed by atoms with Gasteiger partial charge in [0, 0.05) is 0 Å². The van der Waals surface area contributed by atoms with E-state index in [0.29, 0.717) is 11.1 Å². The summed E-state index contributed by atoms with van der Waals surface area (Å²) in [6.45, 7) is 9.80. The van der Waals surface area contributed by atoms with E-state index in [4.69, 9.17) is 5.11 Å². The molecule has 0 aliphatic rings. The third-order valence-corrected chi connectivity index (χ3v) is 3.21. The molecular formula is C22H24O2. The van der Waals surface area contributed by atoms with Crippen molar-refractivity contribution in [1.29, 1.82) is 0 Å². The summed E-state index contributed by atoms with van der Waals surface area (Å²) in [4.78, 5) is 10.5. The number of carbonyl (C=O) groups is 1. The van der Waals surface area contributed by atoms with Gasteiger partial charge in [-0.15, -0.1) is 0 Å². The summed E-state index contributed by atoms with van der Waals surface area (Å²) in [6, 6.07) is 15.3. The van der Waals surface area contributed by atoms with E-state index in [2.05, 4.69) is 69.8 Å². The van der Waals surface area contributed by atoms with Gasteiger partial charge in [-0.05, 0) is 38.0 Å². The van der Waals surface area contributed by atoms with Crippen LogP contribution < -0.4 is 0 Å². The molecule has 2 heteroatoms. The van der Waals surface area contributed by atoms with Gasteiger partial charge in [0.2, 0.25) is 0 Å². The van der Waals surface area contributed by atoms with Crippen LogP contribution in [0.5, 0.6) is 0 Å². The number of hydrogen-bond donors (Lipinski definition) is 1. The highest BCUT2D eigenvalue weighted by molar-refractivity contribution is 5.91. The Balaban J connectivity index is 0.000000243. The van der Waals surface area contributed by atoms with Crippen molar-refractivity contribution in [2.45, 2.75) is 20.8 Å². The Morgan fingerprint density at radius 3 is 2.17 bits per heavy atom. The molecule has 0 aromatic heterocycles. The van der Waals surface area contributed by atoms with Crippen LogP contribution in [0.2, 0.25) is 0 Å². The van der Waals surface area contributed by atoms with Crippen molar-refractivity contribution in [3.8, 4) is 0 Å². The molecule has 0 radical (unpaired) electrons. The largest absolute Gasteiger partial charge is 0.478 e. The molecule has 0 spiro atoms. The first kappa shape index (κ1) is 19.2. The molecule has 0 saturated heterocycles. The predicted molar refractivity (Wildman–Crippen MR) is 103 cm³/mol. The SMILES string of the molecule is C=Cc1ccccc1C(=O)O.CC(C)=CC=Cc1ccc(C)cc1. The molecule has 2 nitrogen and oxygen atoms in total. The van der Waals surface area contributed by atoms with Crippen LogP contribution in [0.15, 0.2) is 72.8 Å². The first-order valence-corrected chi connectivity index (χ1v) is 7.77. The number of aryl methyl sites for hydroxylation is 1. The fourth-order valence-corrected chi connectivity index (χ4v) is 1.90. The third kappa shape index (κ3) is 6.93. The molecule has 0 aliphatic carbocycles. The predicted octanol–water partition coefficient (Wildman–Crippen LogP) is 6.00. The number of aromatic carboxylic acids is 1. The molecular weight excluding hydrogens is 296 g/mol. The van der Waals surface area contributed by atoms with Gasteiger partial charge in [-0.2, -0.15) is 0 Å².